The predicted octanol–water partition coefficient (Wildman–Crippen LogP) is 1.20. The Balaban J connectivity index is 2.71. The number of hydrogen-bond acceptors (Lipinski definition) is 4. The summed E-state index contributed by atoms with van der Waals surface area (Å²) in [5.74, 6) is 0. The van der Waals surface area contributed by atoms with Gasteiger partial charge < -0.3 is 10.6 Å². The molecule has 0 aromatic heterocycles. The zero-order chi connectivity index (χ0) is 14.5. The minimum Gasteiger partial charge on any atom is -0.399 e. The highest BCUT2D eigenvalue weighted by atomic mass is 32.2. The van der Waals surface area contributed by atoms with Gasteiger partial charge in [-0.1, -0.05) is 13.8 Å². The second kappa shape index (κ2) is 6.88. The van der Waals surface area contributed by atoms with Crippen molar-refractivity contribution in [2.24, 2.45) is 0 Å². The van der Waals surface area contributed by atoms with Crippen molar-refractivity contribution in [2.45, 2.75) is 25.7 Å². The molecule has 0 aliphatic carbocycles. The first-order valence-electron chi connectivity index (χ1n) is 6.48. The van der Waals surface area contributed by atoms with Crippen LogP contribution in [0.5, 0.6) is 0 Å². The van der Waals surface area contributed by atoms with E-state index in [1.54, 1.807) is 25.1 Å². The number of aryl methyl sites for hydroxylation is 1. The number of benzene rings is 1. The highest BCUT2D eigenvalue weighted by molar-refractivity contribution is 7.89. The van der Waals surface area contributed by atoms with Gasteiger partial charge in [0.1, 0.15) is 0 Å². The molecule has 6 heteroatoms. The van der Waals surface area contributed by atoms with Crippen molar-refractivity contribution in [1.82, 2.24) is 9.62 Å². The van der Waals surface area contributed by atoms with Crippen LogP contribution in [0.2, 0.25) is 0 Å². The molecular weight excluding hydrogens is 262 g/mol. The number of hydrogen-bond donors (Lipinski definition) is 2. The number of likely N-dealkylation sites (N-methyl/N-ethyl adjacent to an activating group) is 1. The maximum atomic E-state index is 12.2. The van der Waals surface area contributed by atoms with Crippen molar-refractivity contribution in [3.63, 3.8) is 0 Å². The normalized spacial score (nSPS) is 12.0. The molecule has 0 heterocycles. The van der Waals surface area contributed by atoms with Crippen molar-refractivity contribution < 1.29 is 8.42 Å². The number of sulfonamides is 1. The number of nitrogens with zero attached hydrogens (tertiary/aromatic N) is 1. The first kappa shape index (κ1) is 15.9. The largest absolute Gasteiger partial charge is 0.399 e. The van der Waals surface area contributed by atoms with Gasteiger partial charge in [0.15, 0.2) is 0 Å². The van der Waals surface area contributed by atoms with Crippen LogP contribution in [0.3, 0.4) is 0 Å². The lowest BCUT2D eigenvalue weighted by atomic mass is 10.2. The minimum absolute atomic E-state index is 0.293. The van der Waals surface area contributed by atoms with E-state index in [9.17, 15) is 8.42 Å². The Morgan fingerprint density at radius 2 is 1.89 bits per heavy atom. The molecule has 0 aliphatic rings. The van der Waals surface area contributed by atoms with E-state index in [1.165, 1.54) is 0 Å². The summed E-state index contributed by atoms with van der Waals surface area (Å²) in [6.45, 7) is 8.81. The van der Waals surface area contributed by atoms with E-state index < -0.39 is 10.0 Å². The van der Waals surface area contributed by atoms with Gasteiger partial charge >= 0.3 is 0 Å². The zero-order valence-corrected chi connectivity index (χ0v) is 12.6. The molecule has 0 bridgehead atoms. The average molecular weight is 285 g/mol. The van der Waals surface area contributed by atoms with Crippen LogP contribution in [0, 0.1) is 6.92 Å². The van der Waals surface area contributed by atoms with Crippen molar-refractivity contribution in [2.75, 3.05) is 31.9 Å². The summed E-state index contributed by atoms with van der Waals surface area (Å²) in [4.78, 5) is 2.46. The lowest BCUT2D eigenvalue weighted by molar-refractivity contribution is 0.309. The molecule has 0 radical (unpaired) electrons. The predicted molar refractivity (Wildman–Crippen MR) is 78.6 cm³/mol. The minimum atomic E-state index is -3.45. The van der Waals surface area contributed by atoms with Crippen molar-refractivity contribution in [3.05, 3.63) is 23.8 Å². The number of rotatable bonds is 7. The Labute approximate surface area is 115 Å². The van der Waals surface area contributed by atoms with E-state index in [-0.39, 0.29) is 0 Å². The maximum absolute atomic E-state index is 12.2. The van der Waals surface area contributed by atoms with E-state index >= 15 is 0 Å². The summed E-state index contributed by atoms with van der Waals surface area (Å²) in [5.41, 5.74) is 6.86. The molecule has 108 valence electrons. The Hall–Kier alpha value is -1.11. The Morgan fingerprint density at radius 3 is 2.42 bits per heavy atom. The van der Waals surface area contributed by atoms with Crippen LogP contribution in [0.15, 0.2) is 23.1 Å². The van der Waals surface area contributed by atoms with Crippen LogP contribution in [0.4, 0.5) is 5.69 Å². The Kier molecular flexibility index (Phi) is 5.78. The average Bonchev–Trinajstić information content (AvgIpc) is 2.34. The van der Waals surface area contributed by atoms with Crippen molar-refractivity contribution in [1.29, 1.82) is 0 Å². The topological polar surface area (TPSA) is 75.4 Å². The fourth-order valence-electron chi connectivity index (χ4n) is 1.93. The van der Waals surface area contributed by atoms with Gasteiger partial charge in [0.2, 0.25) is 10.0 Å². The summed E-state index contributed by atoms with van der Waals surface area (Å²) < 4.78 is 26.9. The van der Waals surface area contributed by atoms with Crippen LogP contribution in [-0.2, 0) is 10.0 Å². The third-order valence-electron chi connectivity index (χ3n) is 3.10. The smallest absolute Gasteiger partial charge is 0.240 e. The molecule has 1 aromatic rings. The second-order valence-corrected chi connectivity index (χ2v) is 6.18. The molecule has 1 rings (SSSR count). The van der Waals surface area contributed by atoms with Crippen molar-refractivity contribution in [3.8, 4) is 0 Å². The monoisotopic (exact) mass is 285 g/mol. The van der Waals surface area contributed by atoms with Gasteiger partial charge in [0.05, 0.1) is 4.90 Å². The molecule has 0 saturated heterocycles. The van der Waals surface area contributed by atoms with Crippen LogP contribution >= 0.6 is 0 Å². The van der Waals surface area contributed by atoms with Crippen molar-refractivity contribution >= 4 is 15.7 Å². The quantitative estimate of drug-likeness (QED) is 0.738. The van der Waals surface area contributed by atoms with Gasteiger partial charge in [0.25, 0.3) is 0 Å². The molecule has 0 aliphatic heterocycles. The Bertz CT molecular complexity index is 511. The summed E-state index contributed by atoms with van der Waals surface area (Å²) in [6, 6.07) is 4.81. The van der Waals surface area contributed by atoms with Gasteiger partial charge in [-0.15, -0.1) is 0 Å². The molecule has 0 saturated carbocycles. The molecule has 0 unspecified atom stereocenters. The molecule has 0 spiro atoms. The molecule has 0 atom stereocenters. The highest BCUT2D eigenvalue weighted by Gasteiger charge is 2.16. The van der Waals surface area contributed by atoms with Crippen LogP contribution < -0.4 is 10.5 Å². The zero-order valence-electron chi connectivity index (χ0n) is 11.8. The lowest BCUT2D eigenvalue weighted by Gasteiger charge is -2.18. The van der Waals surface area contributed by atoms with E-state index in [0.717, 1.165) is 13.1 Å². The van der Waals surface area contributed by atoms with Gasteiger partial charge in [-0.2, -0.15) is 0 Å². The fourth-order valence-corrected chi connectivity index (χ4v) is 3.18. The number of nitrogens with two attached hydrogens (primary N) is 1. The number of anilines is 1. The highest BCUT2D eigenvalue weighted by Crippen LogP contribution is 2.17. The van der Waals surface area contributed by atoms with Gasteiger partial charge in [0, 0.05) is 18.8 Å². The lowest BCUT2D eigenvalue weighted by Crippen LogP contribution is -2.35. The molecule has 0 fully saturated rings. The van der Waals surface area contributed by atoms with E-state index in [4.69, 9.17) is 5.73 Å². The molecule has 1 aromatic carbocycles. The summed E-state index contributed by atoms with van der Waals surface area (Å²) >= 11 is 0. The Morgan fingerprint density at radius 1 is 1.26 bits per heavy atom. The van der Waals surface area contributed by atoms with Crippen LogP contribution in [0.1, 0.15) is 19.4 Å². The fraction of sp³-hybridized carbons (Fsp3) is 0.538. The van der Waals surface area contributed by atoms with E-state index in [0.29, 0.717) is 29.2 Å². The molecular formula is C13H23N3O2S. The number of nitrogens with one attached hydrogen (secondary N) is 1. The molecule has 0 amide bonds. The summed E-state index contributed by atoms with van der Waals surface area (Å²) in [5, 5.41) is 0. The first-order chi connectivity index (χ1) is 8.90. The maximum Gasteiger partial charge on any atom is 0.240 e. The van der Waals surface area contributed by atoms with Gasteiger partial charge in [-0.25, -0.2) is 13.1 Å². The summed E-state index contributed by atoms with van der Waals surface area (Å²) in [7, 11) is -3.45. The SMILES string of the molecule is CCN(CC)CCNS(=O)(=O)c1ccc(N)cc1C. The van der Waals surface area contributed by atoms with Crippen LogP contribution in [-0.4, -0.2) is 39.5 Å². The van der Waals surface area contributed by atoms with Gasteiger partial charge in [-0.05, 0) is 43.8 Å². The molecule has 19 heavy (non-hydrogen) atoms. The standard InChI is InChI=1S/C13H23N3O2S/c1-4-16(5-2)9-8-15-19(17,18)13-7-6-12(14)10-11(13)3/h6-7,10,15H,4-5,8-9,14H2,1-3H3. The molecule has 3 N–H and O–H groups in total. The van der Waals surface area contributed by atoms with Gasteiger partial charge in [-0.3, -0.25) is 0 Å². The van der Waals surface area contributed by atoms with E-state index in [2.05, 4.69) is 23.5 Å². The second-order valence-electron chi connectivity index (χ2n) is 4.45. The molecule has 5 nitrogen and oxygen atoms in total. The summed E-state index contributed by atoms with van der Waals surface area (Å²) in [6.07, 6.45) is 0. The first-order valence-corrected chi connectivity index (χ1v) is 7.97. The van der Waals surface area contributed by atoms with Crippen LogP contribution in [0.25, 0.3) is 0 Å². The third kappa shape index (κ3) is 4.49. The number of nitrogen functional groups attached to an aromatic ring is 1. The third-order valence-corrected chi connectivity index (χ3v) is 4.72. The van der Waals surface area contributed by atoms with E-state index in [1.807, 2.05) is 0 Å².